The lowest BCUT2D eigenvalue weighted by molar-refractivity contribution is 0.191. The highest BCUT2D eigenvalue weighted by Gasteiger charge is 2.22. The molecule has 1 heterocycles. The van der Waals surface area contributed by atoms with E-state index in [1.54, 1.807) is 31.3 Å². The number of urea groups is 1. The molecule has 26 heavy (non-hydrogen) atoms. The lowest BCUT2D eigenvalue weighted by atomic mass is 9.99. The van der Waals surface area contributed by atoms with Gasteiger partial charge in [0.05, 0.1) is 25.9 Å². The van der Waals surface area contributed by atoms with E-state index in [9.17, 15) is 4.79 Å². The molecule has 0 saturated heterocycles. The average molecular weight is 351 g/mol. The van der Waals surface area contributed by atoms with Gasteiger partial charge in [-0.25, -0.2) is 4.79 Å². The SMILES string of the molecule is COc1cc2c(cc1OC)CN(C(=O)NCc1ccc(C#N)cc1)CC2. The summed E-state index contributed by atoms with van der Waals surface area (Å²) < 4.78 is 10.7. The number of methoxy groups -OCH3 is 2. The Balaban J connectivity index is 1.64. The van der Waals surface area contributed by atoms with Crippen LogP contribution in [0.1, 0.15) is 22.3 Å². The topological polar surface area (TPSA) is 74.6 Å². The molecule has 6 heteroatoms. The largest absolute Gasteiger partial charge is 0.493 e. The summed E-state index contributed by atoms with van der Waals surface area (Å²) in [6.45, 7) is 1.62. The van der Waals surface area contributed by atoms with Crippen molar-refractivity contribution in [3.63, 3.8) is 0 Å². The zero-order chi connectivity index (χ0) is 18.5. The predicted molar refractivity (Wildman–Crippen MR) is 97.1 cm³/mol. The summed E-state index contributed by atoms with van der Waals surface area (Å²) in [5, 5.41) is 11.8. The molecule has 0 saturated carbocycles. The van der Waals surface area contributed by atoms with Crippen LogP contribution < -0.4 is 14.8 Å². The van der Waals surface area contributed by atoms with Gasteiger partial charge in [0.2, 0.25) is 0 Å². The number of hydrogen-bond donors (Lipinski definition) is 1. The summed E-state index contributed by atoms with van der Waals surface area (Å²) in [5.74, 6) is 1.39. The Kier molecular flexibility index (Phi) is 5.28. The van der Waals surface area contributed by atoms with Gasteiger partial charge in [0.1, 0.15) is 0 Å². The number of nitrogens with zero attached hydrogens (tertiary/aromatic N) is 2. The van der Waals surface area contributed by atoms with Crippen molar-refractivity contribution in [3.05, 3.63) is 58.7 Å². The van der Waals surface area contributed by atoms with E-state index in [4.69, 9.17) is 14.7 Å². The standard InChI is InChI=1S/C20H21N3O3/c1-25-18-9-16-7-8-23(13-17(16)10-19(18)26-2)20(24)22-12-15-5-3-14(11-21)4-6-15/h3-6,9-10H,7-8,12-13H2,1-2H3,(H,22,24). The maximum Gasteiger partial charge on any atom is 0.317 e. The van der Waals surface area contributed by atoms with E-state index in [-0.39, 0.29) is 6.03 Å². The minimum atomic E-state index is -0.102. The summed E-state index contributed by atoms with van der Waals surface area (Å²) in [7, 11) is 3.23. The number of nitrogens with one attached hydrogen (secondary N) is 1. The molecule has 0 unspecified atom stereocenters. The zero-order valence-electron chi connectivity index (χ0n) is 14.9. The van der Waals surface area contributed by atoms with E-state index in [0.717, 1.165) is 17.5 Å². The van der Waals surface area contributed by atoms with Gasteiger partial charge in [0, 0.05) is 19.6 Å². The molecule has 134 valence electrons. The summed E-state index contributed by atoms with van der Waals surface area (Å²) in [5.41, 5.74) is 3.82. The third kappa shape index (κ3) is 3.72. The van der Waals surface area contributed by atoms with E-state index in [0.29, 0.717) is 36.7 Å². The van der Waals surface area contributed by atoms with E-state index >= 15 is 0 Å². The van der Waals surface area contributed by atoms with Crippen molar-refractivity contribution in [1.29, 1.82) is 5.26 Å². The maximum atomic E-state index is 12.5. The number of hydrogen-bond acceptors (Lipinski definition) is 4. The molecule has 0 fully saturated rings. The molecule has 1 aliphatic heterocycles. The van der Waals surface area contributed by atoms with Gasteiger partial charge in [0.25, 0.3) is 0 Å². The number of carbonyl (C=O) groups excluding carboxylic acids is 1. The van der Waals surface area contributed by atoms with Crippen LogP contribution in [0.4, 0.5) is 4.79 Å². The Bertz CT molecular complexity index is 841. The molecule has 2 aromatic rings. The summed E-state index contributed by atoms with van der Waals surface area (Å²) in [6, 6.07) is 13.1. The first kappa shape index (κ1) is 17.6. The van der Waals surface area contributed by atoms with Crippen LogP contribution in [0.5, 0.6) is 11.5 Å². The highest BCUT2D eigenvalue weighted by Crippen LogP contribution is 2.33. The molecule has 0 spiro atoms. The quantitative estimate of drug-likeness (QED) is 0.919. The van der Waals surface area contributed by atoms with E-state index in [1.807, 2.05) is 24.3 Å². The van der Waals surface area contributed by atoms with Crippen LogP contribution in [-0.2, 0) is 19.5 Å². The molecule has 2 amide bonds. The first-order chi connectivity index (χ1) is 12.6. The average Bonchev–Trinajstić information content (AvgIpc) is 2.70. The molecule has 0 aliphatic carbocycles. The van der Waals surface area contributed by atoms with Crippen molar-refractivity contribution in [3.8, 4) is 17.6 Å². The van der Waals surface area contributed by atoms with Gasteiger partial charge in [-0.3, -0.25) is 0 Å². The van der Waals surface area contributed by atoms with Crippen LogP contribution in [0, 0.1) is 11.3 Å². The number of amides is 2. The number of rotatable bonds is 4. The normalized spacial score (nSPS) is 12.7. The Morgan fingerprint density at radius 1 is 1.15 bits per heavy atom. The van der Waals surface area contributed by atoms with Crippen LogP contribution in [0.2, 0.25) is 0 Å². The molecule has 1 N–H and O–H groups in total. The fraction of sp³-hybridized carbons (Fsp3) is 0.300. The Morgan fingerprint density at radius 3 is 2.42 bits per heavy atom. The fourth-order valence-corrected chi connectivity index (χ4v) is 3.04. The van der Waals surface area contributed by atoms with Crippen molar-refractivity contribution in [2.75, 3.05) is 20.8 Å². The van der Waals surface area contributed by atoms with Gasteiger partial charge in [-0.2, -0.15) is 5.26 Å². The second kappa shape index (κ2) is 7.79. The predicted octanol–water partition coefficient (Wildman–Crippen LogP) is 2.84. The number of fused-ring (bicyclic) bond motifs is 1. The summed E-state index contributed by atoms with van der Waals surface area (Å²) in [6.07, 6.45) is 0.778. The van der Waals surface area contributed by atoms with Crippen molar-refractivity contribution in [2.24, 2.45) is 0 Å². The van der Waals surface area contributed by atoms with Crippen LogP contribution in [-0.4, -0.2) is 31.7 Å². The molecule has 1 aliphatic rings. The van der Waals surface area contributed by atoms with Gasteiger partial charge in [-0.05, 0) is 47.4 Å². The molecule has 3 rings (SSSR count). The highest BCUT2D eigenvalue weighted by atomic mass is 16.5. The van der Waals surface area contributed by atoms with Gasteiger partial charge in [-0.1, -0.05) is 12.1 Å². The van der Waals surface area contributed by atoms with Crippen molar-refractivity contribution < 1.29 is 14.3 Å². The van der Waals surface area contributed by atoms with Crippen molar-refractivity contribution >= 4 is 6.03 Å². The fourth-order valence-electron chi connectivity index (χ4n) is 3.04. The molecule has 0 atom stereocenters. The number of nitriles is 1. The van der Waals surface area contributed by atoms with Gasteiger partial charge < -0.3 is 19.7 Å². The summed E-state index contributed by atoms with van der Waals surface area (Å²) >= 11 is 0. The molecule has 2 aromatic carbocycles. The molecular formula is C20H21N3O3. The van der Waals surface area contributed by atoms with Gasteiger partial charge in [-0.15, -0.1) is 0 Å². The number of ether oxygens (including phenoxy) is 2. The zero-order valence-corrected chi connectivity index (χ0v) is 14.9. The first-order valence-electron chi connectivity index (χ1n) is 8.40. The Morgan fingerprint density at radius 2 is 1.81 bits per heavy atom. The third-order valence-corrected chi connectivity index (χ3v) is 4.53. The maximum absolute atomic E-state index is 12.5. The number of benzene rings is 2. The van der Waals surface area contributed by atoms with Crippen molar-refractivity contribution in [1.82, 2.24) is 10.2 Å². The minimum absolute atomic E-state index is 0.102. The molecular weight excluding hydrogens is 330 g/mol. The van der Waals surface area contributed by atoms with Crippen molar-refractivity contribution in [2.45, 2.75) is 19.5 Å². The summed E-state index contributed by atoms with van der Waals surface area (Å²) in [4.78, 5) is 14.3. The van der Waals surface area contributed by atoms with Crippen LogP contribution in [0.25, 0.3) is 0 Å². The Hall–Kier alpha value is -3.20. The first-order valence-corrected chi connectivity index (χ1v) is 8.40. The number of carbonyl (C=O) groups is 1. The van der Waals surface area contributed by atoms with Gasteiger partial charge >= 0.3 is 6.03 Å². The molecule has 0 radical (unpaired) electrons. The van der Waals surface area contributed by atoms with Gasteiger partial charge in [0.15, 0.2) is 11.5 Å². The molecule has 6 nitrogen and oxygen atoms in total. The second-order valence-corrected chi connectivity index (χ2v) is 6.11. The molecule has 0 aromatic heterocycles. The smallest absolute Gasteiger partial charge is 0.317 e. The van der Waals surface area contributed by atoms with Crippen LogP contribution in [0.15, 0.2) is 36.4 Å². The van der Waals surface area contributed by atoms with Crippen LogP contribution >= 0.6 is 0 Å². The lowest BCUT2D eigenvalue weighted by Gasteiger charge is -2.29. The van der Waals surface area contributed by atoms with E-state index < -0.39 is 0 Å². The highest BCUT2D eigenvalue weighted by molar-refractivity contribution is 5.74. The molecule has 0 bridgehead atoms. The van der Waals surface area contributed by atoms with Crippen LogP contribution in [0.3, 0.4) is 0 Å². The minimum Gasteiger partial charge on any atom is -0.493 e. The third-order valence-electron chi connectivity index (χ3n) is 4.53. The lowest BCUT2D eigenvalue weighted by Crippen LogP contribution is -2.42. The second-order valence-electron chi connectivity index (χ2n) is 6.11. The Labute approximate surface area is 152 Å². The van der Waals surface area contributed by atoms with E-state index in [2.05, 4.69) is 11.4 Å². The monoisotopic (exact) mass is 351 g/mol. The van der Waals surface area contributed by atoms with E-state index in [1.165, 1.54) is 5.56 Å².